The lowest BCUT2D eigenvalue weighted by Gasteiger charge is -2.30. The van der Waals surface area contributed by atoms with E-state index in [1.54, 1.807) is 17.2 Å². The van der Waals surface area contributed by atoms with Crippen LogP contribution in [0.15, 0.2) is 71.3 Å². The molecule has 2 N–H and O–H groups in total. The Balaban J connectivity index is 1.18. The Hall–Kier alpha value is -3.68. The highest BCUT2D eigenvalue weighted by Crippen LogP contribution is 2.27. The van der Waals surface area contributed by atoms with E-state index in [9.17, 15) is 4.79 Å². The fourth-order valence-electron chi connectivity index (χ4n) is 4.50. The van der Waals surface area contributed by atoms with Gasteiger partial charge in [0.05, 0.1) is 11.3 Å². The van der Waals surface area contributed by atoms with E-state index in [1.165, 1.54) is 0 Å². The number of likely N-dealkylation sites (tertiary alicyclic amines) is 1. The van der Waals surface area contributed by atoms with Crippen molar-refractivity contribution in [1.29, 1.82) is 0 Å². The van der Waals surface area contributed by atoms with Gasteiger partial charge in [-0.2, -0.15) is 0 Å². The summed E-state index contributed by atoms with van der Waals surface area (Å²) in [5.41, 5.74) is 10.1. The third-order valence-corrected chi connectivity index (χ3v) is 6.65. The molecule has 0 aliphatic carbocycles. The molecule has 1 amide bonds. The van der Waals surface area contributed by atoms with Gasteiger partial charge in [-0.3, -0.25) is 9.78 Å². The Morgan fingerprint density at radius 3 is 2.76 bits per heavy atom. The number of hydrogen-bond donors (Lipinski definition) is 1. The minimum absolute atomic E-state index is 0.0235. The summed E-state index contributed by atoms with van der Waals surface area (Å²) in [6, 6.07) is 19.1. The van der Waals surface area contributed by atoms with Crippen molar-refractivity contribution in [2.45, 2.75) is 38.8 Å². The minimum atomic E-state index is -0.0235. The number of ether oxygens (including phenoxy) is 1. The summed E-state index contributed by atoms with van der Waals surface area (Å²) >= 11 is 6.09. The number of carbonyl (C=O) groups excluding carboxylic acids is 1. The molecule has 3 heterocycles. The lowest BCUT2D eigenvalue weighted by molar-refractivity contribution is 0.0708. The van der Waals surface area contributed by atoms with Crippen molar-refractivity contribution in [1.82, 2.24) is 14.9 Å². The van der Waals surface area contributed by atoms with Crippen LogP contribution in [0.1, 0.15) is 46.1 Å². The molecule has 1 saturated heterocycles. The zero-order chi connectivity index (χ0) is 25.8. The molecule has 7 nitrogen and oxygen atoms in total. The van der Waals surface area contributed by atoms with Crippen molar-refractivity contribution in [2.24, 2.45) is 5.73 Å². The Morgan fingerprint density at radius 2 is 2.03 bits per heavy atom. The first kappa shape index (κ1) is 25.0. The quantitative estimate of drug-likeness (QED) is 0.352. The molecule has 0 bridgehead atoms. The van der Waals surface area contributed by atoms with Crippen LogP contribution in [-0.4, -0.2) is 39.9 Å². The molecule has 1 aliphatic heterocycles. The predicted molar refractivity (Wildman–Crippen MR) is 143 cm³/mol. The van der Waals surface area contributed by atoms with E-state index in [0.29, 0.717) is 41.8 Å². The second-order valence-corrected chi connectivity index (χ2v) is 9.76. The summed E-state index contributed by atoms with van der Waals surface area (Å²) in [6.45, 7) is 3.55. The maximum absolute atomic E-state index is 12.7. The molecule has 1 aliphatic rings. The van der Waals surface area contributed by atoms with E-state index in [0.717, 1.165) is 47.7 Å². The minimum Gasteiger partial charge on any atom is -0.487 e. The van der Waals surface area contributed by atoms with Gasteiger partial charge in [-0.05, 0) is 73.9 Å². The van der Waals surface area contributed by atoms with Gasteiger partial charge in [-0.25, -0.2) is 4.98 Å². The summed E-state index contributed by atoms with van der Waals surface area (Å²) in [6.07, 6.45) is 4.08. The highest BCUT2D eigenvalue weighted by atomic mass is 35.5. The van der Waals surface area contributed by atoms with Crippen molar-refractivity contribution in [2.75, 3.05) is 13.1 Å². The molecule has 37 heavy (non-hydrogen) atoms. The lowest BCUT2D eigenvalue weighted by Crippen LogP contribution is -2.45. The summed E-state index contributed by atoms with van der Waals surface area (Å²) in [7, 11) is 0. The fraction of sp³-hybridized carbons (Fsp3) is 0.276. The molecule has 0 radical (unpaired) electrons. The highest BCUT2D eigenvalue weighted by molar-refractivity contribution is 6.30. The molecule has 2 aromatic carbocycles. The second-order valence-electron chi connectivity index (χ2n) is 9.32. The summed E-state index contributed by atoms with van der Waals surface area (Å²) in [5, 5.41) is 0.693. The molecule has 1 atom stereocenters. The third kappa shape index (κ3) is 6.18. The third-order valence-electron chi connectivity index (χ3n) is 6.42. The van der Waals surface area contributed by atoms with Crippen LogP contribution in [0, 0.1) is 6.92 Å². The molecule has 8 heteroatoms. The molecule has 0 unspecified atom stereocenters. The second kappa shape index (κ2) is 11.2. The van der Waals surface area contributed by atoms with Crippen LogP contribution in [0.5, 0.6) is 5.75 Å². The lowest BCUT2D eigenvalue weighted by atomic mass is 10.1. The van der Waals surface area contributed by atoms with E-state index in [4.69, 9.17) is 26.5 Å². The number of pyridine rings is 1. The SMILES string of the molecule is Cc1oc(Cc2cccc(Cl)c2)nc1-c1ccc(OCc2ccc(C(=O)N3CCC[C@@H](N)C3)cn2)cc1. The van der Waals surface area contributed by atoms with Crippen LogP contribution in [0.2, 0.25) is 5.02 Å². The van der Waals surface area contributed by atoms with Gasteiger partial charge < -0.3 is 19.8 Å². The van der Waals surface area contributed by atoms with Crippen molar-refractivity contribution in [3.05, 3.63) is 100 Å². The van der Waals surface area contributed by atoms with E-state index in [-0.39, 0.29) is 11.9 Å². The van der Waals surface area contributed by atoms with Crippen molar-refractivity contribution in [3.63, 3.8) is 0 Å². The fourth-order valence-corrected chi connectivity index (χ4v) is 4.71. The van der Waals surface area contributed by atoms with E-state index < -0.39 is 0 Å². The van der Waals surface area contributed by atoms with Gasteiger partial charge in [0.1, 0.15) is 23.8 Å². The maximum Gasteiger partial charge on any atom is 0.255 e. The van der Waals surface area contributed by atoms with Crippen molar-refractivity contribution >= 4 is 17.5 Å². The first-order chi connectivity index (χ1) is 17.9. The van der Waals surface area contributed by atoms with Crippen molar-refractivity contribution in [3.8, 4) is 17.0 Å². The molecular weight excluding hydrogens is 488 g/mol. The summed E-state index contributed by atoms with van der Waals surface area (Å²) in [5.74, 6) is 2.10. The number of benzene rings is 2. The Bertz CT molecular complexity index is 1370. The normalized spacial score (nSPS) is 15.5. The van der Waals surface area contributed by atoms with E-state index in [1.807, 2.05) is 61.5 Å². The summed E-state index contributed by atoms with van der Waals surface area (Å²) in [4.78, 5) is 23.6. The Morgan fingerprint density at radius 1 is 1.19 bits per heavy atom. The molecular formula is C29H29ClN4O3. The Kier molecular flexibility index (Phi) is 7.53. The number of halogens is 1. The van der Waals surface area contributed by atoms with Gasteiger partial charge in [0.15, 0.2) is 5.89 Å². The average Bonchev–Trinajstić information content (AvgIpc) is 3.27. The number of piperidine rings is 1. The van der Waals surface area contributed by atoms with Crippen LogP contribution in [0.25, 0.3) is 11.3 Å². The first-order valence-electron chi connectivity index (χ1n) is 12.4. The summed E-state index contributed by atoms with van der Waals surface area (Å²) < 4.78 is 11.8. The van der Waals surface area contributed by atoms with E-state index in [2.05, 4.69) is 9.97 Å². The van der Waals surface area contributed by atoms with Gasteiger partial charge in [0, 0.05) is 42.3 Å². The molecule has 2 aromatic heterocycles. The molecule has 0 spiro atoms. The average molecular weight is 517 g/mol. The van der Waals surface area contributed by atoms with Crippen LogP contribution >= 0.6 is 11.6 Å². The number of carbonyl (C=O) groups is 1. The van der Waals surface area contributed by atoms with Gasteiger partial charge in [-0.15, -0.1) is 0 Å². The number of aryl methyl sites for hydroxylation is 1. The van der Waals surface area contributed by atoms with Gasteiger partial charge >= 0.3 is 0 Å². The molecule has 5 rings (SSSR count). The van der Waals surface area contributed by atoms with Crippen molar-refractivity contribution < 1.29 is 13.9 Å². The van der Waals surface area contributed by atoms with Crippen LogP contribution in [0.4, 0.5) is 0 Å². The Labute approximate surface area is 221 Å². The predicted octanol–water partition coefficient (Wildman–Crippen LogP) is 5.43. The smallest absolute Gasteiger partial charge is 0.255 e. The van der Waals surface area contributed by atoms with Gasteiger partial charge in [0.2, 0.25) is 0 Å². The maximum atomic E-state index is 12.7. The molecule has 0 saturated carbocycles. The number of oxazole rings is 1. The monoisotopic (exact) mass is 516 g/mol. The zero-order valence-corrected chi connectivity index (χ0v) is 21.4. The standard InChI is InChI=1S/C29H29ClN4O3/c1-19-28(33-27(37-19)15-20-4-2-5-23(30)14-20)21-8-11-26(12-9-21)36-18-25-10-7-22(16-32-25)29(35)34-13-3-6-24(31)17-34/h2,4-5,7-12,14,16,24H,3,6,13,15,17-18,31H2,1H3/t24-/m1/s1. The van der Waals surface area contributed by atoms with Crippen LogP contribution in [0.3, 0.4) is 0 Å². The first-order valence-corrected chi connectivity index (χ1v) is 12.8. The molecule has 190 valence electrons. The number of rotatable bonds is 7. The van der Waals surface area contributed by atoms with Gasteiger partial charge in [-0.1, -0.05) is 23.7 Å². The molecule has 4 aromatic rings. The van der Waals surface area contributed by atoms with E-state index >= 15 is 0 Å². The van der Waals surface area contributed by atoms with Crippen LogP contribution in [-0.2, 0) is 13.0 Å². The van der Waals surface area contributed by atoms with Gasteiger partial charge in [0.25, 0.3) is 5.91 Å². The zero-order valence-electron chi connectivity index (χ0n) is 20.7. The number of amides is 1. The number of nitrogens with zero attached hydrogens (tertiary/aromatic N) is 3. The van der Waals surface area contributed by atoms with Crippen LogP contribution < -0.4 is 10.5 Å². The number of hydrogen-bond acceptors (Lipinski definition) is 6. The highest BCUT2D eigenvalue weighted by Gasteiger charge is 2.22. The molecule has 1 fully saturated rings. The topological polar surface area (TPSA) is 94.5 Å². The largest absolute Gasteiger partial charge is 0.487 e. The number of aromatic nitrogens is 2. The number of nitrogens with two attached hydrogens (primary N) is 1.